The molecule has 0 bridgehead atoms. The van der Waals surface area contributed by atoms with E-state index in [0.29, 0.717) is 11.6 Å². The van der Waals surface area contributed by atoms with E-state index in [4.69, 9.17) is 21.1 Å². The van der Waals surface area contributed by atoms with E-state index >= 15 is 0 Å². The Morgan fingerprint density at radius 3 is 2.60 bits per heavy atom. The quantitative estimate of drug-likeness (QED) is 0.732. The lowest BCUT2D eigenvalue weighted by Gasteiger charge is -2.26. The van der Waals surface area contributed by atoms with Crippen LogP contribution in [0.15, 0.2) is 48.5 Å². The summed E-state index contributed by atoms with van der Waals surface area (Å²) < 4.78 is 11.2. The van der Waals surface area contributed by atoms with Gasteiger partial charge in [-0.3, -0.25) is 4.90 Å². The minimum absolute atomic E-state index is 0.526. The molecule has 0 atom stereocenters. The molecule has 134 valence electrons. The van der Waals surface area contributed by atoms with E-state index in [-0.39, 0.29) is 0 Å². The molecule has 0 amide bonds. The Bertz CT molecular complexity index is 645. The Labute approximate surface area is 154 Å². The molecule has 5 heteroatoms. The highest BCUT2D eigenvalue weighted by Crippen LogP contribution is 2.26. The number of ether oxygens (including phenoxy) is 2. The van der Waals surface area contributed by atoms with Crippen LogP contribution in [0.1, 0.15) is 11.1 Å². The van der Waals surface area contributed by atoms with Crippen LogP contribution < -0.4 is 10.1 Å². The second-order valence-electron chi connectivity index (χ2n) is 6.17. The minimum Gasteiger partial charge on any atom is -0.487 e. The third kappa shape index (κ3) is 6.01. The summed E-state index contributed by atoms with van der Waals surface area (Å²) in [5.41, 5.74) is 2.30. The maximum Gasteiger partial charge on any atom is 0.138 e. The predicted molar refractivity (Wildman–Crippen MR) is 101 cm³/mol. The fourth-order valence-corrected chi connectivity index (χ4v) is 3.06. The number of hydrogen-bond acceptors (Lipinski definition) is 4. The molecule has 3 rings (SSSR count). The topological polar surface area (TPSA) is 33.7 Å². The van der Waals surface area contributed by atoms with Gasteiger partial charge in [0.15, 0.2) is 0 Å². The van der Waals surface area contributed by atoms with Crippen molar-refractivity contribution in [2.24, 2.45) is 0 Å². The van der Waals surface area contributed by atoms with Crippen LogP contribution in [-0.2, 0) is 17.9 Å². The number of hydrogen-bond donors (Lipinski definition) is 1. The molecule has 25 heavy (non-hydrogen) atoms. The van der Waals surface area contributed by atoms with Gasteiger partial charge in [-0.05, 0) is 23.3 Å². The summed E-state index contributed by atoms with van der Waals surface area (Å²) >= 11 is 6.36. The first-order valence-corrected chi connectivity index (χ1v) is 9.15. The van der Waals surface area contributed by atoms with Crippen LogP contribution in [-0.4, -0.2) is 44.3 Å². The Morgan fingerprint density at radius 1 is 1.04 bits per heavy atom. The van der Waals surface area contributed by atoms with Crippen LogP contribution in [0.3, 0.4) is 0 Å². The second kappa shape index (κ2) is 9.78. The predicted octanol–water partition coefficient (Wildman–Crippen LogP) is 3.34. The van der Waals surface area contributed by atoms with E-state index in [1.54, 1.807) is 0 Å². The normalized spacial score (nSPS) is 15.2. The lowest BCUT2D eigenvalue weighted by Crippen LogP contribution is -2.40. The summed E-state index contributed by atoms with van der Waals surface area (Å²) in [6.45, 7) is 7.10. The van der Waals surface area contributed by atoms with Crippen molar-refractivity contribution in [2.45, 2.75) is 13.2 Å². The molecule has 2 aromatic carbocycles. The minimum atomic E-state index is 0.526. The van der Waals surface area contributed by atoms with Crippen molar-refractivity contribution in [3.05, 3.63) is 64.7 Å². The standard InChI is InChI=1S/C20H25ClN2O2/c21-19-14-18(15-22-8-9-23-10-12-24-13-11-23)6-7-20(19)25-16-17-4-2-1-3-5-17/h1-7,14,22H,8-13,15-16H2. The molecule has 0 unspecified atom stereocenters. The molecule has 0 aliphatic carbocycles. The summed E-state index contributed by atoms with van der Waals surface area (Å²) in [5, 5.41) is 4.13. The highest BCUT2D eigenvalue weighted by Gasteiger charge is 2.09. The molecule has 1 heterocycles. The van der Waals surface area contributed by atoms with Crippen LogP contribution in [0.4, 0.5) is 0 Å². The van der Waals surface area contributed by atoms with Gasteiger partial charge in [0.2, 0.25) is 0 Å². The van der Waals surface area contributed by atoms with Crippen molar-refractivity contribution in [2.75, 3.05) is 39.4 Å². The Balaban J connectivity index is 1.41. The van der Waals surface area contributed by atoms with Crippen LogP contribution in [0, 0.1) is 0 Å². The highest BCUT2D eigenvalue weighted by molar-refractivity contribution is 6.32. The summed E-state index contributed by atoms with van der Waals surface area (Å²) in [6, 6.07) is 16.1. The summed E-state index contributed by atoms with van der Waals surface area (Å²) in [4.78, 5) is 2.42. The fraction of sp³-hybridized carbons (Fsp3) is 0.400. The smallest absolute Gasteiger partial charge is 0.138 e. The zero-order valence-electron chi connectivity index (χ0n) is 14.4. The second-order valence-corrected chi connectivity index (χ2v) is 6.58. The third-order valence-electron chi connectivity index (χ3n) is 4.27. The first kappa shape index (κ1) is 18.2. The highest BCUT2D eigenvalue weighted by atomic mass is 35.5. The van der Waals surface area contributed by atoms with E-state index in [1.165, 1.54) is 5.56 Å². The molecule has 0 saturated carbocycles. The van der Waals surface area contributed by atoms with Crippen LogP contribution in [0.25, 0.3) is 0 Å². The molecule has 4 nitrogen and oxygen atoms in total. The van der Waals surface area contributed by atoms with E-state index in [1.807, 2.05) is 42.5 Å². The summed E-state index contributed by atoms with van der Waals surface area (Å²) in [6.07, 6.45) is 0. The molecule has 1 fully saturated rings. The van der Waals surface area contributed by atoms with Crippen LogP contribution in [0.2, 0.25) is 5.02 Å². The van der Waals surface area contributed by atoms with E-state index in [9.17, 15) is 0 Å². The summed E-state index contributed by atoms with van der Waals surface area (Å²) in [5.74, 6) is 0.725. The zero-order valence-corrected chi connectivity index (χ0v) is 15.2. The molecule has 0 aromatic heterocycles. The van der Waals surface area contributed by atoms with Gasteiger partial charge < -0.3 is 14.8 Å². The zero-order chi connectivity index (χ0) is 17.3. The van der Waals surface area contributed by atoms with Crippen LogP contribution >= 0.6 is 11.6 Å². The third-order valence-corrected chi connectivity index (χ3v) is 4.57. The maximum absolute atomic E-state index is 6.36. The van der Waals surface area contributed by atoms with Crippen LogP contribution in [0.5, 0.6) is 5.75 Å². The van der Waals surface area contributed by atoms with Gasteiger partial charge in [-0.15, -0.1) is 0 Å². The summed E-state index contributed by atoms with van der Waals surface area (Å²) in [7, 11) is 0. The van der Waals surface area contributed by atoms with Crippen molar-refractivity contribution in [3.8, 4) is 5.75 Å². The van der Waals surface area contributed by atoms with Gasteiger partial charge in [-0.1, -0.05) is 48.0 Å². The lowest BCUT2D eigenvalue weighted by molar-refractivity contribution is 0.0384. The first-order chi connectivity index (χ1) is 12.3. The molecule has 0 spiro atoms. The molecule has 1 saturated heterocycles. The average Bonchev–Trinajstić information content (AvgIpc) is 2.66. The molecule has 0 radical (unpaired) electrons. The van der Waals surface area contributed by atoms with Gasteiger partial charge in [-0.25, -0.2) is 0 Å². The number of morpholine rings is 1. The number of benzene rings is 2. The van der Waals surface area contributed by atoms with Gasteiger partial charge in [0.25, 0.3) is 0 Å². The van der Waals surface area contributed by atoms with Crippen molar-refractivity contribution in [3.63, 3.8) is 0 Å². The van der Waals surface area contributed by atoms with Gasteiger partial charge in [0.05, 0.1) is 18.2 Å². The fourth-order valence-electron chi connectivity index (χ4n) is 2.80. The molecule has 2 aromatic rings. The van der Waals surface area contributed by atoms with E-state index in [2.05, 4.69) is 16.3 Å². The number of nitrogens with one attached hydrogen (secondary N) is 1. The molecule has 1 aliphatic rings. The molecular weight excluding hydrogens is 336 g/mol. The molecule has 1 N–H and O–H groups in total. The molecule has 1 aliphatic heterocycles. The van der Waals surface area contributed by atoms with Gasteiger partial charge in [-0.2, -0.15) is 0 Å². The van der Waals surface area contributed by atoms with Crippen molar-refractivity contribution < 1.29 is 9.47 Å². The van der Waals surface area contributed by atoms with E-state index < -0.39 is 0 Å². The SMILES string of the molecule is Clc1cc(CNCCN2CCOCC2)ccc1OCc1ccccc1. The Morgan fingerprint density at radius 2 is 1.84 bits per heavy atom. The van der Waals surface area contributed by atoms with E-state index in [0.717, 1.165) is 57.3 Å². The Hall–Kier alpha value is -1.59. The monoisotopic (exact) mass is 360 g/mol. The lowest BCUT2D eigenvalue weighted by atomic mass is 10.2. The Kier molecular flexibility index (Phi) is 7.12. The molecular formula is C20H25ClN2O2. The number of rotatable bonds is 8. The largest absolute Gasteiger partial charge is 0.487 e. The van der Waals surface area contributed by atoms with Crippen molar-refractivity contribution in [1.29, 1.82) is 0 Å². The van der Waals surface area contributed by atoms with Gasteiger partial charge >= 0.3 is 0 Å². The first-order valence-electron chi connectivity index (χ1n) is 8.77. The van der Waals surface area contributed by atoms with Crippen molar-refractivity contribution >= 4 is 11.6 Å². The van der Waals surface area contributed by atoms with Crippen molar-refractivity contribution in [1.82, 2.24) is 10.2 Å². The number of halogens is 1. The maximum atomic E-state index is 6.36. The van der Waals surface area contributed by atoms with Gasteiger partial charge in [0, 0.05) is 32.7 Å². The average molecular weight is 361 g/mol. The number of nitrogens with zero attached hydrogens (tertiary/aromatic N) is 1. The van der Waals surface area contributed by atoms with Gasteiger partial charge in [0.1, 0.15) is 12.4 Å².